The molecule has 192 valence electrons. The molecule has 0 fully saturated rings. The molecule has 2 N–H and O–H groups in total. The Morgan fingerprint density at radius 1 is 0.889 bits per heavy atom. The van der Waals surface area contributed by atoms with Crippen LogP contribution in [0.3, 0.4) is 0 Å². The third-order valence-corrected chi connectivity index (χ3v) is 8.40. The van der Waals surface area contributed by atoms with E-state index in [-0.39, 0.29) is 4.90 Å². The van der Waals surface area contributed by atoms with E-state index in [4.69, 9.17) is 11.6 Å². The van der Waals surface area contributed by atoms with Gasteiger partial charge < -0.3 is 5.32 Å². The van der Waals surface area contributed by atoms with Gasteiger partial charge in [0.25, 0.3) is 10.0 Å². The number of rotatable bonds is 8. The first-order valence-corrected chi connectivity index (χ1v) is 14.7. The fourth-order valence-electron chi connectivity index (χ4n) is 3.70. The highest BCUT2D eigenvalue weighted by Gasteiger charge is 2.30. The van der Waals surface area contributed by atoms with Crippen molar-refractivity contribution in [3.63, 3.8) is 0 Å². The molecule has 0 heterocycles. The van der Waals surface area contributed by atoms with Gasteiger partial charge in [0.1, 0.15) is 6.04 Å². The Hall–Kier alpha value is -3.08. The molecular weight excluding hydrogens is 522 g/mol. The molecule has 0 spiro atoms. The molecule has 0 aliphatic rings. The number of carbonyl (C=O) groups is 1. The van der Waals surface area contributed by atoms with Crippen LogP contribution in [0.4, 0.5) is 17.1 Å². The molecule has 3 aromatic rings. The monoisotopic (exact) mass is 549 g/mol. The predicted octanol–water partition coefficient (Wildman–Crippen LogP) is 4.86. The van der Waals surface area contributed by atoms with Gasteiger partial charge in [-0.15, -0.1) is 0 Å². The number of anilines is 3. The van der Waals surface area contributed by atoms with Gasteiger partial charge in [-0.25, -0.2) is 16.8 Å². The van der Waals surface area contributed by atoms with Crippen molar-refractivity contribution in [2.24, 2.45) is 0 Å². The Bertz CT molecular complexity index is 1510. The summed E-state index contributed by atoms with van der Waals surface area (Å²) in [4.78, 5) is 13.0. The van der Waals surface area contributed by atoms with E-state index in [0.29, 0.717) is 27.6 Å². The standard InChI is InChI=1S/C25H28ClN3O5S2/c1-16-6-13-23(18(3)14-16)28-36(33,34)22-11-9-21(10-12-22)27-25(30)19(4)29(35(5,31)32)24-15-20(26)8-7-17(24)2/h6-15,19,28H,1-5H3,(H,27,30)/t19-/m0/s1. The fraction of sp³-hybridized carbons (Fsp3) is 0.240. The van der Waals surface area contributed by atoms with Crippen molar-refractivity contribution in [3.05, 3.63) is 82.4 Å². The smallest absolute Gasteiger partial charge is 0.261 e. The van der Waals surface area contributed by atoms with E-state index in [9.17, 15) is 21.6 Å². The summed E-state index contributed by atoms with van der Waals surface area (Å²) in [5.41, 5.74) is 3.53. The first kappa shape index (κ1) is 27.5. The average molecular weight is 550 g/mol. The molecule has 0 aliphatic carbocycles. The molecule has 36 heavy (non-hydrogen) atoms. The van der Waals surface area contributed by atoms with Gasteiger partial charge in [0.15, 0.2) is 0 Å². The number of nitrogens with zero attached hydrogens (tertiary/aromatic N) is 1. The molecular formula is C25H28ClN3O5S2. The van der Waals surface area contributed by atoms with Gasteiger partial charge >= 0.3 is 0 Å². The summed E-state index contributed by atoms with van der Waals surface area (Å²) in [6, 6.07) is 14.7. The largest absolute Gasteiger partial charge is 0.324 e. The summed E-state index contributed by atoms with van der Waals surface area (Å²) in [5, 5.41) is 2.98. The SMILES string of the molecule is Cc1ccc(NS(=O)(=O)c2ccc(NC(=O)[C@H](C)N(c3cc(Cl)ccc3C)S(C)(=O)=O)cc2)c(C)c1. The fourth-order valence-corrected chi connectivity index (χ4v) is 6.22. The number of carbonyl (C=O) groups excluding carboxylic acids is 1. The lowest BCUT2D eigenvalue weighted by Gasteiger charge is -2.29. The molecule has 0 aromatic heterocycles. The normalized spacial score (nSPS) is 12.6. The molecule has 0 bridgehead atoms. The van der Waals surface area contributed by atoms with Crippen molar-refractivity contribution >= 4 is 54.6 Å². The maximum absolute atomic E-state index is 13.0. The van der Waals surface area contributed by atoms with Gasteiger partial charge in [-0.1, -0.05) is 35.4 Å². The Labute approximate surface area is 217 Å². The van der Waals surface area contributed by atoms with Gasteiger partial charge in [0.05, 0.1) is 22.5 Å². The first-order chi connectivity index (χ1) is 16.7. The van der Waals surface area contributed by atoms with Crippen LogP contribution in [-0.2, 0) is 24.8 Å². The van der Waals surface area contributed by atoms with Gasteiger partial charge in [-0.05, 0) is 81.3 Å². The van der Waals surface area contributed by atoms with Crippen LogP contribution in [0.15, 0.2) is 65.6 Å². The van der Waals surface area contributed by atoms with Gasteiger partial charge in [-0.3, -0.25) is 13.8 Å². The number of hydrogen-bond acceptors (Lipinski definition) is 5. The number of benzene rings is 3. The van der Waals surface area contributed by atoms with Gasteiger partial charge in [0.2, 0.25) is 15.9 Å². The Kier molecular flexibility index (Phi) is 8.02. The number of nitrogens with one attached hydrogen (secondary N) is 2. The number of aryl methyl sites for hydroxylation is 3. The lowest BCUT2D eigenvalue weighted by Crippen LogP contribution is -2.45. The van der Waals surface area contributed by atoms with Crippen molar-refractivity contribution in [1.29, 1.82) is 0 Å². The second kappa shape index (κ2) is 10.5. The van der Waals surface area contributed by atoms with E-state index in [0.717, 1.165) is 21.7 Å². The Morgan fingerprint density at radius 2 is 1.53 bits per heavy atom. The van der Waals surface area contributed by atoms with Crippen LogP contribution in [0, 0.1) is 20.8 Å². The van der Waals surface area contributed by atoms with Crippen molar-refractivity contribution < 1.29 is 21.6 Å². The summed E-state index contributed by atoms with van der Waals surface area (Å²) < 4.78 is 54.3. The maximum Gasteiger partial charge on any atom is 0.261 e. The zero-order valence-corrected chi connectivity index (χ0v) is 22.9. The number of sulfonamides is 2. The van der Waals surface area contributed by atoms with Crippen LogP contribution in [-0.4, -0.2) is 35.0 Å². The van der Waals surface area contributed by atoms with Crippen LogP contribution >= 0.6 is 11.6 Å². The highest BCUT2D eigenvalue weighted by molar-refractivity contribution is 7.92. The van der Waals surface area contributed by atoms with Crippen molar-refractivity contribution in [2.75, 3.05) is 20.6 Å². The Balaban J connectivity index is 1.80. The lowest BCUT2D eigenvalue weighted by molar-refractivity contribution is -0.116. The second-order valence-corrected chi connectivity index (χ2v) is 12.6. The molecule has 0 saturated heterocycles. The van der Waals surface area contributed by atoms with E-state index < -0.39 is 32.0 Å². The van der Waals surface area contributed by atoms with Crippen molar-refractivity contribution in [1.82, 2.24) is 0 Å². The molecule has 0 saturated carbocycles. The van der Waals surface area contributed by atoms with E-state index in [1.165, 1.54) is 37.3 Å². The summed E-state index contributed by atoms with van der Waals surface area (Å²) in [7, 11) is -7.68. The Morgan fingerprint density at radius 3 is 2.11 bits per heavy atom. The highest BCUT2D eigenvalue weighted by Crippen LogP contribution is 2.29. The van der Waals surface area contributed by atoms with E-state index in [1.807, 2.05) is 26.0 Å². The molecule has 3 aromatic carbocycles. The summed E-state index contributed by atoms with van der Waals surface area (Å²) in [5.74, 6) is -0.594. The minimum Gasteiger partial charge on any atom is -0.324 e. The number of amides is 1. The third-order valence-electron chi connectivity index (χ3n) is 5.56. The third kappa shape index (κ3) is 6.37. The molecule has 0 aliphatic heterocycles. The maximum atomic E-state index is 13.0. The molecule has 8 nitrogen and oxygen atoms in total. The first-order valence-electron chi connectivity index (χ1n) is 11.0. The topological polar surface area (TPSA) is 113 Å². The lowest BCUT2D eigenvalue weighted by atomic mass is 10.1. The number of halogens is 1. The van der Waals surface area contributed by atoms with E-state index >= 15 is 0 Å². The van der Waals surface area contributed by atoms with Crippen LogP contribution in [0.25, 0.3) is 0 Å². The average Bonchev–Trinajstić information content (AvgIpc) is 2.77. The summed E-state index contributed by atoms with van der Waals surface area (Å²) in [6.45, 7) is 6.92. The van der Waals surface area contributed by atoms with Crippen LogP contribution in [0.5, 0.6) is 0 Å². The second-order valence-electron chi connectivity index (χ2n) is 8.60. The van der Waals surface area contributed by atoms with Crippen molar-refractivity contribution in [2.45, 2.75) is 38.6 Å². The van der Waals surface area contributed by atoms with Crippen LogP contribution < -0.4 is 14.3 Å². The van der Waals surface area contributed by atoms with Crippen LogP contribution in [0.2, 0.25) is 5.02 Å². The zero-order valence-electron chi connectivity index (χ0n) is 20.5. The highest BCUT2D eigenvalue weighted by atomic mass is 35.5. The predicted molar refractivity (Wildman–Crippen MR) is 145 cm³/mol. The molecule has 3 rings (SSSR count). The summed E-state index contributed by atoms with van der Waals surface area (Å²) in [6.07, 6.45) is 1.01. The minimum absolute atomic E-state index is 0.0147. The minimum atomic E-state index is -3.85. The van der Waals surface area contributed by atoms with Gasteiger partial charge in [0, 0.05) is 10.7 Å². The van der Waals surface area contributed by atoms with Crippen LogP contribution in [0.1, 0.15) is 23.6 Å². The van der Waals surface area contributed by atoms with E-state index in [2.05, 4.69) is 10.0 Å². The zero-order chi connectivity index (χ0) is 26.8. The van der Waals surface area contributed by atoms with Gasteiger partial charge in [-0.2, -0.15) is 0 Å². The molecule has 11 heteroatoms. The molecule has 0 unspecified atom stereocenters. The quantitative estimate of drug-likeness (QED) is 0.416. The molecule has 0 radical (unpaired) electrons. The molecule has 1 atom stereocenters. The molecule has 1 amide bonds. The van der Waals surface area contributed by atoms with E-state index in [1.54, 1.807) is 25.1 Å². The number of hydrogen-bond donors (Lipinski definition) is 2. The summed E-state index contributed by atoms with van der Waals surface area (Å²) >= 11 is 6.07. The van der Waals surface area contributed by atoms with Crippen molar-refractivity contribution in [3.8, 4) is 0 Å².